The monoisotopic (exact) mass is 303 g/mol. The zero-order valence-electron chi connectivity index (χ0n) is 9.64. The minimum Gasteiger partial charge on any atom is -0.438 e. The highest BCUT2D eigenvalue weighted by molar-refractivity contribution is 9.10. The quantitative estimate of drug-likeness (QED) is 0.923. The Labute approximate surface area is 113 Å². The van der Waals surface area contributed by atoms with E-state index in [0.29, 0.717) is 17.3 Å². The van der Waals surface area contributed by atoms with Crippen molar-refractivity contribution in [2.75, 3.05) is 5.73 Å². The van der Waals surface area contributed by atoms with Gasteiger partial charge in [0.1, 0.15) is 11.8 Å². The minimum absolute atomic E-state index is 0.163. The molecule has 0 unspecified atom stereocenters. The molecule has 90 valence electrons. The Morgan fingerprint density at radius 3 is 2.78 bits per heavy atom. The zero-order chi connectivity index (χ0) is 13.1. The Bertz CT molecular complexity index is 635. The van der Waals surface area contributed by atoms with Crippen molar-refractivity contribution in [3.05, 3.63) is 46.1 Å². The van der Waals surface area contributed by atoms with E-state index in [1.54, 1.807) is 12.1 Å². The Morgan fingerprint density at radius 2 is 2.11 bits per heavy atom. The maximum atomic E-state index is 8.84. The van der Waals surface area contributed by atoms with Crippen LogP contribution in [0.4, 0.5) is 5.69 Å². The van der Waals surface area contributed by atoms with Crippen molar-refractivity contribution in [1.82, 2.24) is 4.98 Å². The standard InChI is InChI=1S/C13H10BrN3O/c1-8-2-4-12(9(14)6-8)18-13-5-3-10(16)11(7-15)17-13/h2-6H,16H2,1H3. The highest BCUT2D eigenvalue weighted by Gasteiger charge is 2.06. The van der Waals surface area contributed by atoms with E-state index in [1.165, 1.54) is 0 Å². The SMILES string of the molecule is Cc1ccc(Oc2ccc(N)c(C#N)n2)c(Br)c1. The maximum absolute atomic E-state index is 8.84. The van der Waals surface area contributed by atoms with Crippen LogP contribution in [-0.2, 0) is 0 Å². The molecular weight excluding hydrogens is 294 g/mol. The van der Waals surface area contributed by atoms with E-state index in [9.17, 15) is 0 Å². The summed E-state index contributed by atoms with van der Waals surface area (Å²) < 4.78 is 6.43. The second kappa shape index (κ2) is 5.07. The lowest BCUT2D eigenvalue weighted by Gasteiger charge is -2.08. The summed E-state index contributed by atoms with van der Waals surface area (Å²) in [6.45, 7) is 1.99. The summed E-state index contributed by atoms with van der Waals surface area (Å²) in [4.78, 5) is 4.02. The molecular formula is C13H10BrN3O. The van der Waals surface area contributed by atoms with Gasteiger partial charge in [-0.25, -0.2) is 4.98 Å². The molecule has 2 rings (SSSR count). The summed E-state index contributed by atoms with van der Waals surface area (Å²) in [5.74, 6) is 0.979. The molecule has 18 heavy (non-hydrogen) atoms. The summed E-state index contributed by atoms with van der Waals surface area (Å²) >= 11 is 3.41. The minimum atomic E-state index is 0.163. The van der Waals surface area contributed by atoms with Crippen molar-refractivity contribution in [3.8, 4) is 17.7 Å². The number of hydrogen-bond acceptors (Lipinski definition) is 4. The molecule has 0 aliphatic rings. The second-order valence-corrected chi connectivity index (χ2v) is 4.59. The third-order valence-electron chi connectivity index (χ3n) is 2.31. The first-order valence-corrected chi connectivity index (χ1v) is 6.00. The number of ether oxygens (including phenoxy) is 1. The van der Waals surface area contributed by atoms with Crippen LogP contribution in [0.15, 0.2) is 34.8 Å². The molecule has 0 fully saturated rings. The summed E-state index contributed by atoms with van der Waals surface area (Å²) in [6, 6.07) is 10.9. The van der Waals surface area contributed by atoms with Gasteiger partial charge in [0.2, 0.25) is 5.88 Å². The number of anilines is 1. The predicted octanol–water partition coefficient (Wildman–Crippen LogP) is 3.40. The first-order valence-electron chi connectivity index (χ1n) is 5.21. The topological polar surface area (TPSA) is 71.9 Å². The van der Waals surface area contributed by atoms with Gasteiger partial charge in [0, 0.05) is 6.07 Å². The molecule has 0 spiro atoms. The number of aromatic nitrogens is 1. The lowest BCUT2D eigenvalue weighted by Crippen LogP contribution is -1.96. The number of nitriles is 1. The molecule has 0 bridgehead atoms. The van der Waals surface area contributed by atoms with E-state index in [2.05, 4.69) is 20.9 Å². The summed E-state index contributed by atoms with van der Waals surface area (Å²) in [5, 5.41) is 8.84. The summed E-state index contributed by atoms with van der Waals surface area (Å²) in [7, 11) is 0. The number of nitrogens with zero attached hydrogens (tertiary/aromatic N) is 2. The van der Waals surface area contributed by atoms with Crippen molar-refractivity contribution >= 4 is 21.6 Å². The van der Waals surface area contributed by atoms with Crippen LogP contribution in [-0.4, -0.2) is 4.98 Å². The van der Waals surface area contributed by atoms with Crippen LogP contribution in [0.5, 0.6) is 11.6 Å². The van der Waals surface area contributed by atoms with Crippen LogP contribution in [0.3, 0.4) is 0 Å². The molecule has 1 aromatic carbocycles. The Kier molecular flexibility index (Phi) is 3.49. The largest absolute Gasteiger partial charge is 0.438 e. The third-order valence-corrected chi connectivity index (χ3v) is 2.93. The molecule has 0 saturated heterocycles. The van der Waals surface area contributed by atoms with Crippen LogP contribution in [0.2, 0.25) is 0 Å². The van der Waals surface area contributed by atoms with Gasteiger partial charge in [0.05, 0.1) is 10.2 Å². The number of aryl methyl sites for hydroxylation is 1. The smallest absolute Gasteiger partial charge is 0.220 e. The summed E-state index contributed by atoms with van der Waals surface area (Å²) in [5.41, 5.74) is 7.22. The number of hydrogen-bond donors (Lipinski definition) is 1. The Balaban J connectivity index is 2.32. The third kappa shape index (κ3) is 2.60. The Morgan fingerprint density at radius 1 is 1.33 bits per heavy atom. The van der Waals surface area contributed by atoms with Crippen molar-refractivity contribution in [2.45, 2.75) is 6.92 Å². The van der Waals surface area contributed by atoms with E-state index in [-0.39, 0.29) is 5.69 Å². The highest BCUT2D eigenvalue weighted by Crippen LogP contribution is 2.30. The fraction of sp³-hybridized carbons (Fsp3) is 0.0769. The number of nitrogens with two attached hydrogens (primary N) is 1. The molecule has 4 nitrogen and oxygen atoms in total. The van der Waals surface area contributed by atoms with Crippen LogP contribution >= 0.6 is 15.9 Å². The van der Waals surface area contributed by atoms with E-state index >= 15 is 0 Å². The number of nitrogen functional groups attached to an aromatic ring is 1. The fourth-order valence-corrected chi connectivity index (χ4v) is 1.97. The van der Waals surface area contributed by atoms with Gasteiger partial charge in [-0.1, -0.05) is 6.07 Å². The molecule has 1 aromatic heterocycles. The fourth-order valence-electron chi connectivity index (χ4n) is 1.40. The molecule has 2 aromatic rings. The van der Waals surface area contributed by atoms with Gasteiger partial charge >= 0.3 is 0 Å². The van der Waals surface area contributed by atoms with Crippen LogP contribution < -0.4 is 10.5 Å². The zero-order valence-corrected chi connectivity index (χ0v) is 11.2. The first kappa shape index (κ1) is 12.4. The maximum Gasteiger partial charge on any atom is 0.220 e. The molecule has 2 N–H and O–H groups in total. The van der Waals surface area contributed by atoms with Gasteiger partial charge in [-0.15, -0.1) is 0 Å². The molecule has 0 atom stereocenters. The van der Waals surface area contributed by atoms with E-state index in [4.69, 9.17) is 15.7 Å². The molecule has 5 heteroatoms. The number of rotatable bonds is 2. The summed E-state index contributed by atoms with van der Waals surface area (Å²) in [6.07, 6.45) is 0. The lowest BCUT2D eigenvalue weighted by atomic mass is 10.2. The van der Waals surface area contributed by atoms with Crippen LogP contribution in [0.1, 0.15) is 11.3 Å². The average molecular weight is 304 g/mol. The van der Waals surface area contributed by atoms with Crippen molar-refractivity contribution < 1.29 is 4.74 Å². The molecule has 0 saturated carbocycles. The van der Waals surface area contributed by atoms with Crippen molar-refractivity contribution in [2.24, 2.45) is 0 Å². The van der Waals surface area contributed by atoms with Gasteiger partial charge in [-0.2, -0.15) is 5.26 Å². The number of pyridine rings is 1. The van der Waals surface area contributed by atoms with Gasteiger partial charge < -0.3 is 10.5 Å². The van der Waals surface area contributed by atoms with Crippen molar-refractivity contribution in [1.29, 1.82) is 5.26 Å². The molecule has 1 heterocycles. The van der Waals surface area contributed by atoms with E-state index in [1.807, 2.05) is 31.2 Å². The number of halogens is 1. The molecule has 0 amide bonds. The van der Waals surface area contributed by atoms with E-state index < -0.39 is 0 Å². The molecule has 0 aliphatic carbocycles. The van der Waals surface area contributed by atoms with Gasteiger partial charge in [0.15, 0.2) is 5.69 Å². The van der Waals surface area contributed by atoms with E-state index in [0.717, 1.165) is 10.0 Å². The Hall–Kier alpha value is -2.06. The number of benzene rings is 1. The van der Waals surface area contributed by atoms with Crippen LogP contribution in [0.25, 0.3) is 0 Å². The normalized spacial score (nSPS) is 9.83. The molecule has 0 aliphatic heterocycles. The van der Waals surface area contributed by atoms with Crippen LogP contribution in [0, 0.1) is 18.3 Å². The molecule has 0 radical (unpaired) electrons. The van der Waals surface area contributed by atoms with Crippen molar-refractivity contribution in [3.63, 3.8) is 0 Å². The van der Waals surface area contributed by atoms with Gasteiger partial charge in [0.25, 0.3) is 0 Å². The first-order chi connectivity index (χ1) is 8.60. The van der Waals surface area contributed by atoms with Gasteiger partial charge in [-0.05, 0) is 46.6 Å². The highest BCUT2D eigenvalue weighted by atomic mass is 79.9. The van der Waals surface area contributed by atoms with Gasteiger partial charge in [-0.3, -0.25) is 0 Å². The predicted molar refractivity (Wildman–Crippen MR) is 72.3 cm³/mol. The second-order valence-electron chi connectivity index (χ2n) is 3.74. The average Bonchev–Trinajstić information content (AvgIpc) is 2.35. The lowest BCUT2D eigenvalue weighted by molar-refractivity contribution is 0.459.